The van der Waals surface area contributed by atoms with Crippen molar-refractivity contribution in [2.45, 2.75) is 31.5 Å². The molecular formula is C19H21ClN4O4S. The van der Waals surface area contributed by atoms with Crippen LogP contribution in [0.5, 0.6) is 0 Å². The quantitative estimate of drug-likeness (QED) is 0.311. The Bertz CT molecular complexity index is 1070. The molecule has 2 heterocycles. The molecule has 0 aliphatic heterocycles. The first-order valence-electron chi connectivity index (χ1n) is 9.03. The largest absolute Gasteiger partial charge is 0.385 e. The number of nitrogens with zero attached hydrogens (tertiary/aromatic N) is 3. The molecule has 1 aromatic carbocycles. The van der Waals surface area contributed by atoms with Crippen molar-refractivity contribution >= 4 is 46.0 Å². The van der Waals surface area contributed by atoms with Gasteiger partial charge in [0, 0.05) is 43.5 Å². The van der Waals surface area contributed by atoms with Gasteiger partial charge < -0.3 is 14.6 Å². The van der Waals surface area contributed by atoms with E-state index in [1.54, 1.807) is 42.9 Å². The zero-order valence-corrected chi connectivity index (χ0v) is 17.7. The van der Waals surface area contributed by atoms with E-state index in [2.05, 4.69) is 15.5 Å². The van der Waals surface area contributed by atoms with Crippen LogP contribution in [0.1, 0.15) is 18.6 Å². The van der Waals surface area contributed by atoms with Crippen molar-refractivity contribution in [2.75, 3.05) is 24.8 Å². The molecule has 3 aromatic rings. The Labute approximate surface area is 176 Å². The van der Waals surface area contributed by atoms with Crippen LogP contribution in [0.3, 0.4) is 0 Å². The van der Waals surface area contributed by atoms with Crippen molar-refractivity contribution in [3.05, 3.63) is 45.4 Å². The van der Waals surface area contributed by atoms with E-state index >= 15 is 0 Å². The number of anilines is 1. The normalized spacial score (nSPS) is 11.1. The Morgan fingerprint density at radius 1 is 1.38 bits per heavy atom. The maximum Gasteiger partial charge on any atom is 0.262 e. The lowest BCUT2D eigenvalue weighted by Crippen LogP contribution is -2.24. The molecule has 3 rings (SSSR count). The molecule has 0 spiro atoms. The van der Waals surface area contributed by atoms with Gasteiger partial charge in [-0.15, -0.1) is 0 Å². The van der Waals surface area contributed by atoms with Gasteiger partial charge >= 0.3 is 0 Å². The second kappa shape index (κ2) is 9.91. The molecule has 1 N–H and O–H groups in total. The fourth-order valence-corrected chi connectivity index (χ4v) is 3.84. The number of methoxy groups -OCH3 is 1. The van der Waals surface area contributed by atoms with Crippen LogP contribution in [0.4, 0.5) is 5.82 Å². The molecular weight excluding hydrogens is 416 g/mol. The lowest BCUT2D eigenvalue weighted by Gasteiger charge is -2.13. The summed E-state index contributed by atoms with van der Waals surface area (Å²) in [7, 11) is 1.62. The number of halogens is 1. The van der Waals surface area contributed by atoms with Gasteiger partial charge in [0.25, 0.3) is 5.56 Å². The highest BCUT2D eigenvalue weighted by atomic mass is 35.5. The van der Waals surface area contributed by atoms with Crippen molar-refractivity contribution in [3.63, 3.8) is 0 Å². The molecule has 0 saturated carbocycles. The highest BCUT2D eigenvalue weighted by Crippen LogP contribution is 2.21. The topological polar surface area (TPSA) is 99.2 Å². The molecule has 0 bridgehead atoms. The van der Waals surface area contributed by atoms with E-state index < -0.39 is 0 Å². The number of thioether (sulfide) groups is 1. The third-order valence-corrected chi connectivity index (χ3v) is 5.28. The molecule has 0 aliphatic carbocycles. The van der Waals surface area contributed by atoms with E-state index in [-0.39, 0.29) is 17.9 Å². The van der Waals surface area contributed by atoms with Crippen LogP contribution in [0.15, 0.2) is 38.7 Å². The maximum absolute atomic E-state index is 12.9. The number of benzene rings is 1. The van der Waals surface area contributed by atoms with Gasteiger partial charge in [0.05, 0.1) is 10.9 Å². The van der Waals surface area contributed by atoms with Gasteiger partial charge in [0.1, 0.15) is 5.76 Å². The number of ether oxygens (including phenoxy) is 1. The van der Waals surface area contributed by atoms with E-state index in [4.69, 9.17) is 20.9 Å². The number of hydrogen-bond acceptors (Lipinski definition) is 7. The molecule has 2 aromatic heterocycles. The number of amides is 1. The minimum atomic E-state index is -0.192. The zero-order chi connectivity index (χ0) is 20.8. The number of fused-ring (bicyclic) bond motifs is 1. The molecule has 8 nitrogen and oxygen atoms in total. The predicted molar refractivity (Wildman–Crippen MR) is 113 cm³/mol. The lowest BCUT2D eigenvalue weighted by atomic mass is 10.2. The fourth-order valence-electron chi connectivity index (χ4n) is 2.71. The standard InChI is InChI=1S/C19H21ClN4O4S/c1-12-10-16(23-28-12)22-17(25)6-9-29-19-21-15-11-13(20)4-5-14(15)18(26)24(19)7-3-8-27-2/h4-5,10-11H,3,6-9H2,1-2H3,(H,22,23,25). The number of hydrogen-bond donors (Lipinski definition) is 1. The first kappa shape index (κ1) is 21.4. The van der Waals surface area contributed by atoms with Crippen molar-refractivity contribution in [3.8, 4) is 0 Å². The molecule has 0 unspecified atom stereocenters. The van der Waals surface area contributed by atoms with E-state index in [0.717, 1.165) is 0 Å². The Balaban J connectivity index is 1.74. The average Bonchev–Trinajstić information content (AvgIpc) is 3.08. The summed E-state index contributed by atoms with van der Waals surface area (Å²) in [6.07, 6.45) is 0.912. The molecule has 154 valence electrons. The maximum atomic E-state index is 12.9. The summed E-state index contributed by atoms with van der Waals surface area (Å²) in [5.74, 6) is 1.26. The second-order valence-electron chi connectivity index (χ2n) is 6.33. The van der Waals surface area contributed by atoms with E-state index in [0.29, 0.717) is 58.0 Å². The molecule has 0 aliphatic rings. The van der Waals surface area contributed by atoms with Crippen LogP contribution in [0.2, 0.25) is 5.02 Å². The van der Waals surface area contributed by atoms with Crippen LogP contribution in [-0.2, 0) is 16.1 Å². The number of carbonyl (C=O) groups is 1. The van der Waals surface area contributed by atoms with Crippen molar-refractivity contribution in [1.29, 1.82) is 0 Å². The summed E-state index contributed by atoms with van der Waals surface area (Å²) in [5, 5.41) is 7.98. The van der Waals surface area contributed by atoms with E-state index in [1.807, 2.05) is 0 Å². The summed E-state index contributed by atoms with van der Waals surface area (Å²) in [6.45, 7) is 2.76. The number of aromatic nitrogens is 3. The summed E-state index contributed by atoms with van der Waals surface area (Å²) < 4.78 is 11.6. The Kier molecular flexibility index (Phi) is 7.29. The number of rotatable bonds is 9. The van der Waals surface area contributed by atoms with Gasteiger partial charge in [-0.1, -0.05) is 28.5 Å². The number of aryl methyl sites for hydroxylation is 1. The smallest absolute Gasteiger partial charge is 0.262 e. The first-order chi connectivity index (χ1) is 14.0. The third kappa shape index (κ3) is 5.59. The Hall–Kier alpha value is -2.36. The van der Waals surface area contributed by atoms with Crippen molar-refractivity contribution in [2.24, 2.45) is 0 Å². The van der Waals surface area contributed by atoms with Crippen molar-refractivity contribution < 1.29 is 14.1 Å². The Morgan fingerprint density at radius 3 is 2.93 bits per heavy atom. The molecule has 0 atom stereocenters. The van der Waals surface area contributed by atoms with Crippen LogP contribution < -0.4 is 10.9 Å². The highest BCUT2D eigenvalue weighted by Gasteiger charge is 2.13. The minimum Gasteiger partial charge on any atom is -0.385 e. The lowest BCUT2D eigenvalue weighted by molar-refractivity contribution is -0.115. The van der Waals surface area contributed by atoms with Gasteiger partial charge in [-0.25, -0.2) is 4.98 Å². The molecule has 0 fully saturated rings. The van der Waals surface area contributed by atoms with Gasteiger partial charge in [-0.05, 0) is 31.5 Å². The average molecular weight is 437 g/mol. The third-order valence-electron chi connectivity index (χ3n) is 4.07. The summed E-state index contributed by atoms with van der Waals surface area (Å²) in [4.78, 5) is 29.6. The van der Waals surface area contributed by atoms with Crippen LogP contribution in [-0.4, -0.2) is 40.1 Å². The molecule has 10 heteroatoms. The molecule has 29 heavy (non-hydrogen) atoms. The monoisotopic (exact) mass is 436 g/mol. The number of nitrogens with one attached hydrogen (secondary N) is 1. The first-order valence-corrected chi connectivity index (χ1v) is 10.4. The second-order valence-corrected chi connectivity index (χ2v) is 7.83. The zero-order valence-electron chi connectivity index (χ0n) is 16.1. The van der Waals surface area contributed by atoms with E-state index in [9.17, 15) is 9.59 Å². The summed E-state index contributed by atoms with van der Waals surface area (Å²) in [6, 6.07) is 6.67. The summed E-state index contributed by atoms with van der Waals surface area (Å²) >= 11 is 7.40. The predicted octanol–water partition coefficient (Wildman–Crippen LogP) is 3.50. The fraction of sp³-hybridized carbons (Fsp3) is 0.368. The van der Waals surface area contributed by atoms with Crippen LogP contribution in [0.25, 0.3) is 10.9 Å². The van der Waals surface area contributed by atoms with Crippen LogP contribution >= 0.6 is 23.4 Å². The SMILES string of the molecule is COCCCn1c(SCCC(=O)Nc2cc(C)on2)nc2cc(Cl)ccc2c1=O. The Morgan fingerprint density at radius 2 is 2.21 bits per heavy atom. The highest BCUT2D eigenvalue weighted by molar-refractivity contribution is 7.99. The van der Waals surface area contributed by atoms with Gasteiger partial charge in [-0.2, -0.15) is 0 Å². The summed E-state index contributed by atoms with van der Waals surface area (Å²) in [5.41, 5.74) is 0.406. The van der Waals surface area contributed by atoms with Crippen molar-refractivity contribution in [1.82, 2.24) is 14.7 Å². The minimum absolute atomic E-state index is 0.132. The van der Waals surface area contributed by atoms with Gasteiger partial charge in [0.2, 0.25) is 5.91 Å². The molecule has 0 saturated heterocycles. The number of carbonyl (C=O) groups excluding carboxylic acids is 1. The van der Waals surface area contributed by atoms with Gasteiger partial charge in [-0.3, -0.25) is 14.2 Å². The molecule has 0 radical (unpaired) electrons. The van der Waals surface area contributed by atoms with Crippen LogP contribution in [0, 0.1) is 6.92 Å². The van der Waals surface area contributed by atoms with E-state index in [1.165, 1.54) is 11.8 Å². The molecule has 1 amide bonds. The van der Waals surface area contributed by atoms with Gasteiger partial charge in [0.15, 0.2) is 11.0 Å².